The molecule has 0 radical (unpaired) electrons. The summed E-state index contributed by atoms with van der Waals surface area (Å²) in [6.07, 6.45) is -5.14. The van der Waals surface area contributed by atoms with Gasteiger partial charge in [0, 0.05) is 7.11 Å². The molecule has 3 N–H and O–H groups in total. The van der Waals surface area contributed by atoms with E-state index >= 15 is 0 Å². The summed E-state index contributed by atoms with van der Waals surface area (Å²) >= 11 is 0. The number of aliphatic hydroxyl groups excluding tert-OH is 3. The van der Waals surface area contributed by atoms with Gasteiger partial charge in [-0.25, -0.2) is 0 Å². The van der Waals surface area contributed by atoms with Crippen molar-refractivity contribution in [1.82, 2.24) is 0 Å². The third kappa shape index (κ3) is 1.87. The van der Waals surface area contributed by atoms with Crippen LogP contribution in [0.4, 0.5) is 0 Å². The number of carbonyl (C=O) groups is 1. The standard InChI is InChI=1S/C7H12O6/c1-12-7-6(11)5(10)4(9)3(2-8)13-7/h3-4,6-9,11H,2H2,1H3/t3-,4+,6-,7+/m1/s1. The van der Waals surface area contributed by atoms with Gasteiger partial charge >= 0.3 is 0 Å². The van der Waals surface area contributed by atoms with Crippen LogP contribution in [0.5, 0.6) is 0 Å². The predicted octanol–water partition coefficient (Wildman–Crippen LogP) is -2.36. The molecule has 0 spiro atoms. The average molecular weight is 192 g/mol. The van der Waals surface area contributed by atoms with Crippen molar-refractivity contribution in [3.05, 3.63) is 0 Å². The number of Topliss-reactive ketones (excluding diaryl/α,β-unsaturated/α-hetero) is 1. The summed E-state index contributed by atoms with van der Waals surface area (Å²) in [6, 6.07) is 0. The Balaban J connectivity index is 2.72. The van der Waals surface area contributed by atoms with Gasteiger partial charge in [0.1, 0.15) is 12.2 Å². The maximum atomic E-state index is 11.1. The zero-order valence-corrected chi connectivity index (χ0v) is 7.08. The zero-order chi connectivity index (χ0) is 10.0. The fourth-order valence-corrected chi connectivity index (χ4v) is 1.14. The summed E-state index contributed by atoms with van der Waals surface area (Å²) in [4.78, 5) is 11.1. The number of ether oxygens (including phenoxy) is 2. The van der Waals surface area contributed by atoms with E-state index in [1.807, 2.05) is 0 Å². The third-order valence-electron chi connectivity index (χ3n) is 1.91. The second-order valence-corrected chi connectivity index (χ2v) is 2.75. The largest absolute Gasteiger partial charge is 0.394 e. The van der Waals surface area contributed by atoms with Gasteiger partial charge < -0.3 is 24.8 Å². The summed E-state index contributed by atoms with van der Waals surface area (Å²) in [5, 5.41) is 27.1. The van der Waals surface area contributed by atoms with E-state index < -0.39 is 37.0 Å². The molecule has 1 aliphatic rings. The second kappa shape index (κ2) is 4.12. The maximum Gasteiger partial charge on any atom is 0.197 e. The van der Waals surface area contributed by atoms with Crippen molar-refractivity contribution in [2.75, 3.05) is 13.7 Å². The first-order valence-corrected chi connectivity index (χ1v) is 3.80. The Bertz CT molecular complexity index is 175. The molecule has 1 fully saturated rings. The van der Waals surface area contributed by atoms with E-state index in [1.54, 1.807) is 0 Å². The molecule has 0 aromatic carbocycles. The minimum Gasteiger partial charge on any atom is -0.394 e. The number of rotatable bonds is 2. The van der Waals surface area contributed by atoms with E-state index in [0.29, 0.717) is 0 Å². The Labute approximate surface area is 74.7 Å². The lowest BCUT2D eigenvalue weighted by Gasteiger charge is -2.34. The minimum absolute atomic E-state index is 0.501. The fourth-order valence-electron chi connectivity index (χ4n) is 1.14. The second-order valence-electron chi connectivity index (χ2n) is 2.75. The normalized spacial score (nSPS) is 40.8. The van der Waals surface area contributed by atoms with Crippen LogP contribution in [0.2, 0.25) is 0 Å². The predicted molar refractivity (Wildman–Crippen MR) is 39.8 cm³/mol. The van der Waals surface area contributed by atoms with Crippen LogP contribution in [-0.2, 0) is 14.3 Å². The smallest absolute Gasteiger partial charge is 0.197 e. The van der Waals surface area contributed by atoms with Crippen molar-refractivity contribution in [2.24, 2.45) is 0 Å². The van der Waals surface area contributed by atoms with Crippen molar-refractivity contribution in [1.29, 1.82) is 0 Å². The molecule has 4 atom stereocenters. The minimum atomic E-state index is -1.50. The van der Waals surface area contributed by atoms with Crippen LogP contribution in [0.3, 0.4) is 0 Å². The highest BCUT2D eigenvalue weighted by atomic mass is 16.7. The molecule has 6 nitrogen and oxygen atoms in total. The van der Waals surface area contributed by atoms with Gasteiger partial charge in [0.05, 0.1) is 6.61 Å². The Kier molecular flexibility index (Phi) is 3.34. The Hall–Kier alpha value is -0.530. The van der Waals surface area contributed by atoms with Crippen LogP contribution in [-0.4, -0.2) is 59.4 Å². The van der Waals surface area contributed by atoms with Crippen LogP contribution in [0.25, 0.3) is 0 Å². The van der Waals surface area contributed by atoms with Gasteiger partial charge in [0.15, 0.2) is 18.2 Å². The van der Waals surface area contributed by atoms with Crippen molar-refractivity contribution in [3.8, 4) is 0 Å². The molecular formula is C7H12O6. The lowest BCUT2D eigenvalue weighted by molar-refractivity contribution is -0.247. The Morgan fingerprint density at radius 3 is 2.54 bits per heavy atom. The van der Waals surface area contributed by atoms with E-state index in [2.05, 4.69) is 4.74 Å². The molecule has 1 rings (SSSR count). The lowest BCUT2D eigenvalue weighted by Crippen LogP contribution is -2.56. The van der Waals surface area contributed by atoms with E-state index in [0.717, 1.165) is 0 Å². The number of carbonyl (C=O) groups excluding carboxylic acids is 1. The van der Waals surface area contributed by atoms with Gasteiger partial charge in [-0.1, -0.05) is 0 Å². The van der Waals surface area contributed by atoms with Crippen LogP contribution >= 0.6 is 0 Å². The molecule has 0 bridgehead atoms. The molecule has 0 amide bonds. The molecule has 0 unspecified atom stereocenters. The van der Waals surface area contributed by atoms with E-state index in [9.17, 15) is 15.0 Å². The van der Waals surface area contributed by atoms with Crippen LogP contribution in [0.15, 0.2) is 0 Å². The van der Waals surface area contributed by atoms with Crippen molar-refractivity contribution >= 4 is 5.78 Å². The molecule has 0 aromatic heterocycles. The highest BCUT2D eigenvalue weighted by molar-refractivity contribution is 5.88. The van der Waals surface area contributed by atoms with Crippen LogP contribution in [0, 0.1) is 0 Å². The van der Waals surface area contributed by atoms with Crippen LogP contribution in [0.1, 0.15) is 0 Å². The molecule has 1 heterocycles. The molecule has 13 heavy (non-hydrogen) atoms. The van der Waals surface area contributed by atoms with E-state index in [1.165, 1.54) is 7.11 Å². The quantitative estimate of drug-likeness (QED) is 0.453. The van der Waals surface area contributed by atoms with Gasteiger partial charge in [0.25, 0.3) is 0 Å². The fraction of sp³-hybridized carbons (Fsp3) is 0.857. The maximum absolute atomic E-state index is 11.1. The summed E-state index contributed by atoms with van der Waals surface area (Å²) in [6.45, 7) is -0.501. The summed E-state index contributed by atoms with van der Waals surface area (Å²) in [5.41, 5.74) is 0. The molecule has 0 aliphatic carbocycles. The molecule has 0 saturated carbocycles. The molecule has 0 aromatic rings. The molecule has 6 heteroatoms. The average Bonchev–Trinajstić information content (AvgIpc) is 2.15. The summed E-state index contributed by atoms with van der Waals surface area (Å²) < 4.78 is 9.53. The first-order valence-electron chi connectivity index (χ1n) is 3.80. The van der Waals surface area contributed by atoms with E-state index in [4.69, 9.17) is 9.84 Å². The molecule has 76 valence electrons. The van der Waals surface area contributed by atoms with E-state index in [-0.39, 0.29) is 0 Å². The van der Waals surface area contributed by atoms with Crippen molar-refractivity contribution in [2.45, 2.75) is 24.6 Å². The lowest BCUT2D eigenvalue weighted by atomic mass is 10.0. The summed E-state index contributed by atoms with van der Waals surface area (Å²) in [5.74, 6) is -0.794. The number of methoxy groups -OCH3 is 1. The topological polar surface area (TPSA) is 96.2 Å². The van der Waals surface area contributed by atoms with Gasteiger partial charge in [-0.05, 0) is 0 Å². The zero-order valence-electron chi connectivity index (χ0n) is 7.08. The number of hydrogen-bond donors (Lipinski definition) is 3. The number of hydrogen-bond acceptors (Lipinski definition) is 6. The van der Waals surface area contributed by atoms with Crippen LogP contribution < -0.4 is 0 Å². The summed E-state index contributed by atoms with van der Waals surface area (Å²) in [7, 11) is 1.26. The first kappa shape index (κ1) is 10.6. The van der Waals surface area contributed by atoms with Crippen molar-refractivity contribution in [3.63, 3.8) is 0 Å². The highest BCUT2D eigenvalue weighted by Crippen LogP contribution is 2.17. The van der Waals surface area contributed by atoms with Gasteiger partial charge in [-0.2, -0.15) is 0 Å². The monoisotopic (exact) mass is 192 g/mol. The SMILES string of the molecule is CO[C@H]1O[C@H](CO)[C@H](O)C(=O)[C@H]1O. The molecule has 1 saturated heterocycles. The number of aliphatic hydroxyl groups is 3. The molecular weight excluding hydrogens is 180 g/mol. The first-order chi connectivity index (χ1) is 6.11. The third-order valence-corrected chi connectivity index (χ3v) is 1.91. The number of ketones is 1. The van der Waals surface area contributed by atoms with Gasteiger partial charge in [0.2, 0.25) is 0 Å². The highest BCUT2D eigenvalue weighted by Gasteiger charge is 2.43. The molecule has 1 aliphatic heterocycles. The van der Waals surface area contributed by atoms with Crippen molar-refractivity contribution < 1.29 is 29.6 Å². The Morgan fingerprint density at radius 2 is 2.08 bits per heavy atom. The Morgan fingerprint density at radius 1 is 1.46 bits per heavy atom. The van der Waals surface area contributed by atoms with Gasteiger partial charge in [-0.3, -0.25) is 4.79 Å². The van der Waals surface area contributed by atoms with Gasteiger partial charge in [-0.15, -0.1) is 0 Å².